The molecule has 15 heavy (non-hydrogen) atoms. The van der Waals surface area contributed by atoms with Gasteiger partial charge in [-0.25, -0.2) is 0 Å². The van der Waals surface area contributed by atoms with Crippen LogP contribution in [0.1, 0.15) is 39.2 Å². The molecule has 0 radical (unpaired) electrons. The summed E-state index contributed by atoms with van der Waals surface area (Å²) in [7, 11) is 0. The lowest BCUT2D eigenvalue weighted by Gasteiger charge is -2.13. The summed E-state index contributed by atoms with van der Waals surface area (Å²) in [5.74, 6) is 0.598. The molecule has 0 saturated heterocycles. The molecule has 2 unspecified atom stereocenters. The molecule has 2 atom stereocenters. The zero-order valence-corrected chi connectivity index (χ0v) is 9.98. The third-order valence-electron chi connectivity index (χ3n) is 2.85. The van der Waals surface area contributed by atoms with Crippen LogP contribution in [0.25, 0.3) is 0 Å². The van der Waals surface area contributed by atoms with Crippen LogP contribution < -0.4 is 0 Å². The fourth-order valence-electron chi connectivity index (χ4n) is 1.67. The fraction of sp³-hybridized carbons (Fsp3) is 0.750. The second-order valence-corrected chi connectivity index (χ2v) is 4.31. The van der Waals surface area contributed by atoms with Crippen molar-refractivity contribution in [2.45, 2.75) is 52.7 Å². The van der Waals surface area contributed by atoms with Gasteiger partial charge < -0.3 is 5.11 Å². The number of aromatic nitrogens is 2. The Morgan fingerprint density at radius 1 is 1.47 bits per heavy atom. The normalized spacial score (nSPS) is 15.2. The SMILES string of the molecule is CCC(C)CC(O)Cc1cnn(CC)c1. The van der Waals surface area contributed by atoms with Crippen molar-refractivity contribution < 1.29 is 5.11 Å². The molecule has 0 aliphatic rings. The van der Waals surface area contributed by atoms with Gasteiger partial charge in [-0.15, -0.1) is 0 Å². The van der Waals surface area contributed by atoms with Crippen molar-refractivity contribution in [3.05, 3.63) is 18.0 Å². The minimum absolute atomic E-state index is 0.227. The van der Waals surface area contributed by atoms with Crippen LogP contribution in [-0.2, 0) is 13.0 Å². The van der Waals surface area contributed by atoms with Crippen LogP contribution in [0.15, 0.2) is 12.4 Å². The molecule has 0 aliphatic carbocycles. The summed E-state index contributed by atoms with van der Waals surface area (Å²) in [4.78, 5) is 0. The molecule has 1 aromatic rings. The molecule has 1 N–H and O–H groups in total. The Morgan fingerprint density at radius 3 is 2.73 bits per heavy atom. The van der Waals surface area contributed by atoms with Crippen LogP contribution in [0, 0.1) is 5.92 Å². The number of rotatable bonds is 6. The molecule has 0 saturated carbocycles. The topological polar surface area (TPSA) is 38.1 Å². The average molecular weight is 210 g/mol. The average Bonchev–Trinajstić information content (AvgIpc) is 2.65. The molecule has 1 heterocycles. The standard InChI is InChI=1S/C12H22N2O/c1-4-10(3)6-12(15)7-11-8-13-14(5-2)9-11/h8-10,12,15H,4-7H2,1-3H3. The predicted molar refractivity (Wildman–Crippen MR) is 61.7 cm³/mol. The van der Waals surface area contributed by atoms with Crippen molar-refractivity contribution in [1.29, 1.82) is 0 Å². The van der Waals surface area contributed by atoms with Crippen molar-refractivity contribution in [2.75, 3.05) is 0 Å². The van der Waals surface area contributed by atoms with E-state index in [0.717, 1.165) is 31.4 Å². The van der Waals surface area contributed by atoms with Gasteiger partial charge in [0.15, 0.2) is 0 Å². The molecule has 0 amide bonds. The number of nitrogens with zero attached hydrogens (tertiary/aromatic N) is 2. The zero-order valence-electron chi connectivity index (χ0n) is 9.98. The second kappa shape index (κ2) is 5.91. The highest BCUT2D eigenvalue weighted by Crippen LogP contribution is 2.13. The Morgan fingerprint density at radius 2 is 2.20 bits per heavy atom. The minimum Gasteiger partial charge on any atom is -0.393 e. The van der Waals surface area contributed by atoms with Crippen LogP contribution in [0.4, 0.5) is 0 Å². The molecule has 1 aromatic heterocycles. The molecule has 1 rings (SSSR count). The summed E-state index contributed by atoms with van der Waals surface area (Å²) < 4.78 is 1.89. The number of aliphatic hydroxyl groups is 1. The van der Waals surface area contributed by atoms with Crippen molar-refractivity contribution in [3.63, 3.8) is 0 Å². The third kappa shape index (κ3) is 4.04. The van der Waals surface area contributed by atoms with Gasteiger partial charge in [-0.3, -0.25) is 4.68 Å². The summed E-state index contributed by atoms with van der Waals surface area (Å²) in [5.41, 5.74) is 1.13. The largest absolute Gasteiger partial charge is 0.393 e. The van der Waals surface area contributed by atoms with E-state index in [1.165, 1.54) is 0 Å². The van der Waals surface area contributed by atoms with E-state index < -0.39 is 0 Å². The number of hydrogen-bond donors (Lipinski definition) is 1. The Kier molecular flexibility index (Phi) is 4.82. The van der Waals surface area contributed by atoms with Gasteiger partial charge in [-0.05, 0) is 24.8 Å². The number of aryl methyl sites for hydroxylation is 1. The van der Waals surface area contributed by atoms with E-state index in [9.17, 15) is 5.11 Å². The fourth-order valence-corrected chi connectivity index (χ4v) is 1.67. The van der Waals surface area contributed by atoms with Gasteiger partial charge in [-0.2, -0.15) is 5.10 Å². The first-order valence-corrected chi connectivity index (χ1v) is 5.85. The van der Waals surface area contributed by atoms with E-state index in [1.807, 2.05) is 17.1 Å². The van der Waals surface area contributed by atoms with Crippen LogP contribution in [0.5, 0.6) is 0 Å². The van der Waals surface area contributed by atoms with E-state index in [1.54, 1.807) is 0 Å². The van der Waals surface area contributed by atoms with Gasteiger partial charge in [0.1, 0.15) is 0 Å². The van der Waals surface area contributed by atoms with Crippen LogP contribution >= 0.6 is 0 Å². The summed E-state index contributed by atoms with van der Waals surface area (Å²) in [6.45, 7) is 7.29. The molecule has 3 heteroatoms. The molecular formula is C12H22N2O. The highest BCUT2D eigenvalue weighted by atomic mass is 16.3. The van der Waals surface area contributed by atoms with Crippen molar-refractivity contribution in [3.8, 4) is 0 Å². The lowest BCUT2D eigenvalue weighted by Crippen LogP contribution is -2.14. The maximum absolute atomic E-state index is 9.85. The van der Waals surface area contributed by atoms with Gasteiger partial charge in [-0.1, -0.05) is 20.3 Å². The van der Waals surface area contributed by atoms with Gasteiger partial charge in [0, 0.05) is 19.2 Å². The summed E-state index contributed by atoms with van der Waals surface area (Å²) in [6, 6.07) is 0. The maximum atomic E-state index is 9.85. The van der Waals surface area contributed by atoms with Crippen LogP contribution in [0.3, 0.4) is 0 Å². The summed E-state index contributed by atoms with van der Waals surface area (Å²) in [6.07, 6.45) is 6.38. The Bertz CT molecular complexity index is 283. The van der Waals surface area contributed by atoms with Crippen molar-refractivity contribution >= 4 is 0 Å². The van der Waals surface area contributed by atoms with Crippen LogP contribution in [-0.4, -0.2) is 21.0 Å². The summed E-state index contributed by atoms with van der Waals surface area (Å²) in [5, 5.41) is 14.0. The van der Waals surface area contributed by atoms with E-state index in [-0.39, 0.29) is 6.10 Å². The predicted octanol–water partition coefficient (Wildman–Crippen LogP) is 2.24. The molecule has 0 aromatic carbocycles. The van der Waals surface area contributed by atoms with Gasteiger partial charge in [0.2, 0.25) is 0 Å². The first-order chi connectivity index (χ1) is 7.15. The Hall–Kier alpha value is -0.830. The van der Waals surface area contributed by atoms with E-state index >= 15 is 0 Å². The molecule has 0 bridgehead atoms. The third-order valence-corrected chi connectivity index (χ3v) is 2.85. The van der Waals surface area contributed by atoms with Crippen molar-refractivity contribution in [1.82, 2.24) is 9.78 Å². The first kappa shape index (κ1) is 12.2. The molecule has 3 nitrogen and oxygen atoms in total. The van der Waals surface area contributed by atoms with Crippen molar-refractivity contribution in [2.24, 2.45) is 5.92 Å². The number of aliphatic hydroxyl groups excluding tert-OH is 1. The number of hydrogen-bond acceptors (Lipinski definition) is 2. The lowest BCUT2D eigenvalue weighted by atomic mass is 9.98. The molecule has 0 spiro atoms. The maximum Gasteiger partial charge on any atom is 0.0584 e. The van der Waals surface area contributed by atoms with Gasteiger partial charge >= 0.3 is 0 Å². The highest BCUT2D eigenvalue weighted by Gasteiger charge is 2.10. The lowest BCUT2D eigenvalue weighted by molar-refractivity contribution is 0.144. The molecule has 86 valence electrons. The molecule has 0 aliphatic heterocycles. The second-order valence-electron chi connectivity index (χ2n) is 4.31. The van der Waals surface area contributed by atoms with E-state index in [4.69, 9.17) is 0 Å². The molecule has 0 fully saturated rings. The van der Waals surface area contributed by atoms with E-state index in [2.05, 4.69) is 25.9 Å². The van der Waals surface area contributed by atoms with Gasteiger partial charge in [0.25, 0.3) is 0 Å². The van der Waals surface area contributed by atoms with E-state index in [0.29, 0.717) is 5.92 Å². The van der Waals surface area contributed by atoms with Crippen LogP contribution in [0.2, 0.25) is 0 Å². The zero-order chi connectivity index (χ0) is 11.3. The smallest absolute Gasteiger partial charge is 0.0584 e. The monoisotopic (exact) mass is 210 g/mol. The Balaban J connectivity index is 2.40. The Labute approximate surface area is 92.1 Å². The van der Waals surface area contributed by atoms with Gasteiger partial charge in [0.05, 0.1) is 12.3 Å². The first-order valence-electron chi connectivity index (χ1n) is 5.85. The molecular weight excluding hydrogens is 188 g/mol. The summed E-state index contributed by atoms with van der Waals surface area (Å²) >= 11 is 0. The minimum atomic E-state index is -0.227. The highest BCUT2D eigenvalue weighted by molar-refractivity contribution is 5.05. The quantitative estimate of drug-likeness (QED) is 0.782.